The number of rotatable bonds is 4. The number of hydrogen-bond donors (Lipinski definition) is 0. The maximum Gasteiger partial charge on any atom is 0.126 e. The van der Waals surface area contributed by atoms with E-state index >= 15 is 0 Å². The fourth-order valence-electron chi connectivity index (χ4n) is 1.17. The van der Waals surface area contributed by atoms with Gasteiger partial charge in [0, 0.05) is 0 Å². The number of aryl methyl sites for hydroxylation is 1. The Balaban J connectivity index is 2.64. The van der Waals surface area contributed by atoms with Crippen LogP contribution in [0.25, 0.3) is 0 Å². The molecule has 70 valence electrons. The van der Waals surface area contributed by atoms with E-state index in [2.05, 4.69) is 6.58 Å². The lowest BCUT2D eigenvalue weighted by molar-refractivity contribution is 0.581. The summed E-state index contributed by atoms with van der Waals surface area (Å²) in [5.74, 6) is -0.708. The molecule has 0 aliphatic carbocycles. The molecule has 1 rings (SSSR count). The Kier molecular flexibility index (Phi) is 3.62. The van der Waals surface area contributed by atoms with E-state index < -0.39 is 0 Å². The molecule has 13 heavy (non-hydrogen) atoms. The van der Waals surface area contributed by atoms with Gasteiger partial charge in [0.2, 0.25) is 0 Å². The van der Waals surface area contributed by atoms with Crippen molar-refractivity contribution in [3.8, 4) is 0 Å². The minimum atomic E-state index is -0.380. The predicted octanol–water partition coefficient (Wildman–Crippen LogP) is 3.47. The van der Waals surface area contributed by atoms with E-state index in [0.717, 1.165) is 18.9 Å². The standard InChI is InChI=1S/C11H12F2/c1-2-3-4-5-9-8-10(12)6-7-11(9)13/h2,6-8H,1,3-5H2. The van der Waals surface area contributed by atoms with E-state index in [0.29, 0.717) is 12.0 Å². The molecule has 1 aromatic rings. The number of hydrogen-bond acceptors (Lipinski definition) is 0. The first-order valence-electron chi connectivity index (χ1n) is 4.29. The van der Waals surface area contributed by atoms with E-state index in [1.54, 1.807) is 6.08 Å². The molecule has 2 heteroatoms. The van der Waals surface area contributed by atoms with Crippen molar-refractivity contribution < 1.29 is 8.78 Å². The molecule has 0 aliphatic rings. The second kappa shape index (κ2) is 4.75. The van der Waals surface area contributed by atoms with Gasteiger partial charge < -0.3 is 0 Å². The van der Waals surface area contributed by atoms with Crippen LogP contribution in [0.15, 0.2) is 30.9 Å². The molecule has 0 fully saturated rings. The van der Waals surface area contributed by atoms with Gasteiger partial charge in [-0.25, -0.2) is 8.78 Å². The zero-order chi connectivity index (χ0) is 9.68. The van der Waals surface area contributed by atoms with Crippen molar-refractivity contribution in [3.05, 3.63) is 48.1 Å². The van der Waals surface area contributed by atoms with Crippen molar-refractivity contribution >= 4 is 0 Å². The topological polar surface area (TPSA) is 0 Å². The molecule has 0 nitrogen and oxygen atoms in total. The van der Waals surface area contributed by atoms with Gasteiger partial charge in [0.1, 0.15) is 11.6 Å². The molecular formula is C11H12F2. The van der Waals surface area contributed by atoms with Crippen LogP contribution >= 0.6 is 0 Å². The molecule has 0 heterocycles. The summed E-state index contributed by atoms with van der Waals surface area (Å²) in [4.78, 5) is 0. The Morgan fingerprint density at radius 3 is 2.77 bits per heavy atom. The van der Waals surface area contributed by atoms with Gasteiger partial charge in [0.25, 0.3) is 0 Å². The van der Waals surface area contributed by atoms with Crippen molar-refractivity contribution in [2.45, 2.75) is 19.3 Å². The van der Waals surface area contributed by atoms with Crippen molar-refractivity contribution in [1.82, 2.24) is 0 Å². The summed E-state index contributed by atoms with van der Waals surface area (Å²) in [7, 11) is 0. The lowest BCUT2D eigenvalue weighted by Gasteiger charge is -2.01. The minimum Gasteiger partial charge on any atom is -0.207 e. The van der Waals surface area contributed by atoms with Gasteiger partial charge in [-0.15, -0.1) is 6.58 Å². The van der Waals surface area contributed by atoms with Gasteiger partial charge >= 0.3 is 0 Å². The minimum absolute atomic E-state index is 0.328. The molecule has 0 amide bonds. The molecule has 0 saturated heterocycles. The first-order valence-corrected chi connectivity index (χ1v) is 4.29. The zero-order valence-electron chi connectivity index (χ0n) is 7.39. The van der Waals surface area contributed by atoms with E-state index in [-0.39, 0.29) is 11.6 Å². The summed E-state index contributed by atoms with van der Waals surface area (Å²) in [6.45, 7) is 3.56. The Morgan fingerprint density at radius 2 is 2.08 bits per heavy atom. The highest BCUT2D eigenvalue weighted by molar-refractivity contribution is 5.18. The van der Waals surface area contributed by atoms with Gasteiger partial charge in [-0.1, -0.05) is 6.08 Å². The third-order valence-corrected chi connectivity index (χ3v) is 1.86. The molecule has 0 saturated carbocycles. The summed E-state index contributed by atoms with van der Waals surface area (Å²) in [5.41, 5.74) is 0.446. The first-order chi connectivity index (χ1) is 6.24. The van der Waals surface area contributed by atoms with Gasteiger partial charge in [0.15, 0.2) is 0 Å². The first kappa shape index (κ1) is 9.90. The third-order valence-electron chi connectivity index (χ3n) is 1.86. The predicted molar refractivity (Wildman–Crippen MR) is 49.5 cm³/mol. The van der Waals surface area contributed by atoms with Crippen LogP contribution in [0, 0.1) is 11.6 Å². The number of allylic oxidation sites excluding steroid dienone is 1. The summed E-state index contributed by atoms with van der Waals surface area (Å²) < 4.78 is 25.7. The van der Waals surface area contributed by atoms with Gasteiger partial charge in [-0.05, 0) is 43.0 Å². The largest absolute Gasteiger partial charge is 0.207 e. The average molecular weight is 182 g/mol. The smallest absolute Gasteiger partial charge is 0.126 e. The highest BCUT2D eigenvalue weighted by Gasteiger charge is 2.02. The van der Waals surface area contributed by atoms with Crippen LogP contribution in [0.2, 0.25) is 0 Å². The van der Waals surface area contributed by atoms with E-state index in [1.807, 2.05) is 0 Å². The van der Waals surface area contributed by atoms with Crippen LogP contribution in [-0.4, -0.2) is 0 Å². The Morgan fingerprint density at radius 1 is 1.31 bits per heavy atom. The number of benzene rings is 1. The maximum absolute atomic E-state index is 13.0. The van der Waals surface area contributed by atoms with Crippen LogP contribution in [0.4, 0.5) is 8.78 Å². The van der Waals surface area contributed by atoms with E-state index in [4.69, 9.17) is 0 Å². The highest BCUT2D eigenvalue weighted by atomic mass is 19.1. The van der Waals surface area contributed by atoms with Crippen molar-refractivity contribution in [3.63, 3.8) is 0 Å². The van der Waals surface area contributed by atoms with Crippen molar-refractivity contribution in [2.75, 3.05) is 0 Å². The molecule has 0 unspecified atom stereocenters. The van der Waals surface area contributed by atoms with Gasteiger partial charge in [-0.3, -0.25) is 0 Å². The van der Waals surface area contributed by atoms with Crippen LogP contribution in [-0.2, 0) is 6.42 Å². The molecule has 0 aromatic heterocycles. The van der Waals surface area contributed by atoms with Crippen LogP contribution in [0.3, 0.4) is 0 Å². The van der Waals surface area contributed by atoms with Crippen LogP contribution in [0.5, 0.6) is 0 Å². The lowest BCUT2D eigenvalue weighted by atomic mass is 10.1. The average Bonchev–Trinajstić information content (AvgIpc) is 2.11. The zero-order valence-corrected chi connectivity index (χ0v) is 7.39. The van der Waals surface area contributed by atoms with E-state index in [1.165, 1.54) is 12.1 Å². The fourth-order valence-corrected chi connectivity index (χ4v) is 1.17. The molecule has 0 atom stereocenters. The van der Waals surface area contributed by atoms with E-state index in [9.17, 15) is 8.78 Å². The molecule has 0 spiro atoms. The second-order valence-electron chi connectivity index (χ2n) is 2.92. The highest BCUT2D eigenvalue weighted by Crippen LogP contribution is 2.12. The normalized spacial score (nSPS) is 10.0. The molecule has 1 aromatic carbocycles. The molecule has 0 aliphatic heterocycles. The number of halogens is 2. The molecule has 0 radical (unpaired) electrons. The van der Waals surface area contributed by atoms with Crippen LogP contribution < -0.4 is 0 Å². The Labute approximate surface area is 76.9 Å². The van der Waals surface area contributed by atoms with Crippen molar-refractivity contribution in [2.24, 2.45) is 0 Å². The molecular weight excluding hydrogens is 170 g/mol. The lowest BCUT2D eigenvalue weighted by Crippen LogP contribution is -1.91. The van der Waals surface area contributed by atoms with Crippen molar-refractivity contribution in [1.29, 1.82) is 0 Å². The Hall–Kier alpha value is -1.18. The van der Waals surface area contributed by atoms with Gasteiger partial charge in [0.05, 0.1) is 0 Å². The number of unbranched alkanes of at least 4 members (excludes halogenated alkanes) is 1. The third kappa shape index (κ3) is 2.98. The monoisotopic (exact) mass is 182 g/mol. The summed E-state index contributed by atoms with van der Waals surface area (Å²) in [6, 6.07) is 3.54. The summed E-state index contributed by atoms with van der Waals surface area (Å²) in [5, 5.41) is 0. The fraction of sp³-hybridized carbons (Fsp3) is 0.273. The Bertz CT molecular complexity index is 292. The quantitative estimate of drug-likeness (QED) is 0.494. The maximum atomic E-state index is 13.0. The van der Waals surface area contributed by atoms with Gasteiger partial charge in [-0.2, -0.15) is 0 Å². The van der Waals surface area contributed by atoms with Crippen LogP contribution in [0.1, 0.15) is 18.4 Å². The second-order valence-corrected chi connectivity index (χ2v) is 2.92. The summed E-state index contributed by atoms with van der Waals surface area (Å²) >= 11 is 0. The summed E-state index contributed by atoms with van der Waals surface area (Å²) in [6.07, 6.45) is 3.98. The molecule has 0 N–H and O–H groups in total. The molecule has 0 bridgehead atoms. The SMILES string of the molecule is C=CCCCc1cc(F)ccc1F.